The van der Waals surface area contributed by atoms with Crippen LogP contribution in [0.1, 0.15) is 33.1 Å². The summed E-state index contributed by atoms with van der Waals surface area (Å²) in [5.41, 5.74) is 0. The number of aliphatic hydroxyl groups excluding tert-OH is 1. The van der Waals surface area contributed by atoms with Crippen LogP contribution in [0.15, 0.2) is 0 Å². The largest absolute Gasteiger partial charge is 0.396 e. The van der Waals surface area contributed by atoms with Gasteiger partial charge in [0, 0.05) is 13.2 Å². The molecule has 0 aromatic heterocycles. The molecule has 0 aliphatic carbocycles. The van der Waals surface area contributed by atoms with Gasteiger partial charge in [0.2, 0.25) is 0 Å². The van der Waals surface area contributed by atoms with Crippen molar-refractivity contribution >= 4 is 0 Å². The fraction of sp³-hybridized carbons (Fsp3) is 1.00. The van der Waals surface area contributed by atoms with Gasteiger partial charge in [0.25, 0.3) is 0 Å². The molecule has 2 atom stereocenters. The Morgan fingerprint density at radius 3 is 2.62 bits per heavy atom. The number of aliphatic hydroxyl groups is 1. The van der Waals surface area contributed by atoms with Crippen LogP contribution in [0, 0.1) is 11.8 Å². The molecule has 1 aliphatic heterocycles. The van der Waals surface area contributed by atoms with Crippen LogP contribution in [0.5, 0.6) is 0 Å². The predicted molar refractivity (Wildman–Crippen MR) is 55.7 cm³/mol. The number of hydrogen-bond acceptors (Lipinski definition) is 2. The number of hydrogen-bond donors (Lipinski definition) is 1. The van der Waals surface area contributed by atoms with Crippen molar-refractivity contribution in [2.24, 2.45) is 11.8 Å². The lowest BCUT2D eigenvalue weighted by Crippen LogP contribution is -2.38. The van der Waals surface area contributed by atoms with E-state index in [-0.39, 0.29) is 0 Å². The summed E-state index contributed by atoms with van der Waals surface area (Å²) in [6.07, 6.45) is 3.46. The summed E-state index contributed by atoms with van der Waals surface area (Å²) in [6.45, 7) is 8.75. The molecule has 0 aromatic rings. The average Bonchev–Trinajstić information content (AvgIpc) is 2.12. The van der Waals surface area contributed by atoms with Crippen molar-refractivity contribution in [3.8, 4) is 0 Å². The molecule has 13 heavy (non-hydrogen) atoms. The van der Waals surface area contributed by atoms with E-state index in [0.717, 1.165) is 24.7 Å². The average molecular weight is 185 g/mol. The van der Waals surface area contributed by atoms with Crippen LogP contribution in [0.25, 0.3) is 0 Å². The summed E-state index contributed by atoms with van der Waals surface area (Å²) in [4.78, 5) is 2.54. The van der Waals surface area contributed by atoms with E-state index in [4.69, 9.17) is 5.11 Å². The highest BCUT2D eigenvalue weighted by atomic mass is 16.2. The molecule has 0 amide bonds. The van der Waals surface area contributed by atoms with Gasteiger partial charge < -0.3 is 10.0 Å². The van der Waals surface area contributed by atoms with E-state index >= 15 is 0 Å². The minimum atomic E-state index is 0.347. The number of rotatable bonds is 4. The van der Waals surface area contributed by atoms with Crippen molar-refractivity contribution in [2.75, 3.05) is 26.2 Å². The third-order valence-electron chi connectivity index (χ3n) is 3.30. The van der Waals surface area contributed by atoms with Gasteiger partial charge in [0.1, 0.15) is 0 Å². The molecule has 0 spiro atoms. The Morgan fingerprint density at radius 2 is 2.00 bits per heavy atom. The minimum Gasteiger partial charge on any atom is -0.396 e. The van der Waals surface area contributed by atoms with Gasteiger partial charge in [-0.3, -0.25) is 0 Å². The van der Waals surface area contributed by atoms with Crippen molar-refractivity contribution in [1.29, 1.82) is 0 Å². The first-order valence-corrected chi connectivity index (χ1v) is 5.57. The van der Waals surface area contributed by atoms with E-state index in [9.17, 15) is 0 Å². The standard InChI is InChI=1S/C11H23NO/c1-10-5-7-12(9-11(10)2)6-3-4-8-13/h10-11,13H,3-9H2,1-2H3. The summed E-state index contributed by atoms with van der Waals surface area (Å²) in [5, 5.41) is 8.67. The Hall–Kier alpha value is -0.0800. The summed E-state index contributed by atoms with van der Waals surface area (Å²) in [6, 6.07) is 0. The minimum absolute atomic E-state index is 0.347. The lowest BCUT2D eigenvalue weighted by atomic mass is 9.88. The van der Waals surface area contributed by atoms with Gasteiger partial charge in [0.15, 0.2) is 0 Å². The maximum Gasteiger partial charge on any atom is 0.0431 e. The molecule has 2 unspecified atom stereocenters. The molecular formula is C11H23NO. The Morgan fingerprint density at radius 1 is 1.23 bits per heavy atom. The van der Waals surface area contributed by atoms with Crippen molar-refractivity contribution in [2.45, 2.75) is 33.1 Å². The van der Waals surface area contributed by atoms with E-state index in [1.54, 1.807) is 0 Å². The van der Waals surface area contributed by atoms with E-state index in [2.05, 4.69) is 18.7 Å². The smallest absolute Gasteiger partial charge is 0.0431 e. The summed E-state index contributed by atoms with van der Waals surface area (Å²) < 4.78 is 0. The summed E-state index contributed by atoms with van der Waals surface area (Å²) in [5.74, 6) is 1.75. The van der Waals surface area contributed by atoms with Crippen LogP contribution < -0.4 is 0 Å². The third-order valence-corrected chi connectivity index (χ3v) is 3.30. The highest BCUT2D eigenvalue weighted by Crippen LogP contribution is 2.22. The molecule has 1 rings (SSSR count). The van der Waals surface area contributed by atoms with Crippen molar-refractivity contribution in [1.82, 2.24) is 4.90 Å². The highest BCUT2D eigenvalue weighted by molar-refractivity contribution is 4.74. The maximum atomic E-state index is 8.67. The van der Waals surface area contributed by atoms with Crippen LogP contribution in [0.2, 0.25) is 0 Å². The molecule has 78 valence electrons. The van der Waals surface area contributed by atoms with Crippen LogP contribution >= 0.6 is 0 Å². The van der Waals surface area contributed by atoms with Gasteiger partial charge in [-0.05, 0) is 44.2 Å². The van der Waals surface area contributed by atoms with Crippen LogP contribution in [0.4, 0.5) is 0 Å². The van der Waals surface area contributed by atoms with Crippen LogP contribution in [-0.4, -0.2) is 36.2 Å². The normalized spacial score (nSPS) is 30.7. The quantitative estimate of drug-likeness (QED) is 0.674. The SMILES string of the molecule is CC1CCN(CCCCO)CC1C. The zero-order valence-electron chi connectivity index (χ0n) is 9.00. The number of likely N-dealkylation sites (tertiary alicyclic amines) is 1. The molecule has 1 saturated heterocycles. The fourth-order valence-corrected chi connectivity index (χ4v) is 2.00. The maximum absolute atomic E-state index is 8.67. The number of unbranched alkanes of at least 4 members (excludes halogenated alkanes) is 1. The molecule has 0 radical (unpaired) electrons. The molecule has 0 bridgehead atoms. The topological polar surface area (TPSA) is 23.5 Å². The molecular weight excluding hydrogens is 162 g/mol. The van der Waals surface area contributed by atoms with E-state index in [1.807, 2.05) is 0 Å². The molecule has 0 saturated carbocycles. The monoisotopic (exact) mass is 185 g/mol. The zero-order chi connectivity index (χ0) is 9.68. The predicted octanol–water partition coefficient (Wildman–Crippen LogP) is 1.74. The van der Waals surface area contributed by atoms with Crippen molar-refractivity contribution in [3.05, 3.63) is 0 Å². The second kappa shape index (κ2) is 5.61. The lowest BCUT2D eigenvalue weighted by molar-refractivity contribution is 0.134. The first kappa shape index (κ1) is 11.0. The van der Waals surface area contributed by atoms with Gasteiger partial charge >= 0.3 is 0 Å². The molecule has 1 heterocycles. The van der Waals surface area contributed by atoms with Gasteiger partial charge in [0.05, 0.1) is 0 Å². The summed E-state index contributed by atoms with van der Waals surface area (Å²) in [7, 11) is 0. The fourth-order valence-electron chi connectivity index (χ4n) is 2.00. The Labute approximate surface area is 81.9 Å². The van der Waals surface area contributed by atoms with Gasteiger partial charge in [-0.1, -0.05) is 13.8 Å². The Kier molecular flexibility index (Phi) is 4.74. The zero-order valence-corrected chi connectivity index (χ0v) is 9.00. The van der Waals surface area contributed by atoms with E-state index < -0.39 is 0 Å². The second-order valence-electron chi connectivity index (χ2n) is 4.47. The first-order valence-electron chi connectivity index (χ1n) is 5.57. The van der Waals surface area contributed by atoms with Crippen LogP contribution in [-0.2, 0) is 0 Å². The van der Waals surface area contributed by atoms with Crippen LogP contribution in [0.3, 0.4) is 0 Å². The number of nitrogens with zero attached hydrogens (tertiary/aromatic N) is 1. The van der Waals surface area contributed by atoms with Gasteiger partial charge in [-0.25, -0.2) is 0 Å². The van der Waals surface area contributed by atoms with E-state index in [1.165, 1.54) is 26.1 Å². The second-order valence-corrected chi connectivity index (χ2v) is 4.47. The highest BCUT2D eigenvalue weighted by Gasteiger charge is 2.21. The third kappa shape index (κ3) is 3.65. The number of piperidine rings is 1. The van der Waals surface area contributed by atoms with Gasteiger partial charge in [-0.2, -0.15) is 0 Å². The Bertz CT molecular complexity index is 138. The van der Waals surface area contributed by atoms with Gasteiger partial charge in [-0.15, -0.1) is 0 Å². The molecule has 1 aliphatic rings. The summed E-state index contributed by atoms with van der Waals surface area (Å²) >= 11 is 0. The van der Waals surface area contributed by atoms with E-state index in [0.29, 0.717) is 6.61 Å². The molecule has 0 aromatic carbocycles. The molecule has 2 nitrogen and oxygen atoms in total. The molecule has 2 heteroatoms. The van der Waals surface area contributed by atoms with Crippen molar-refractivity contribution < 1.29 is 5.11 Å². The lowest BCUT2D eigenvalue weighted by Gasteiger charge is -2.35. The molecule has 1 fully saturated rings. The first-order chi connectivity index (χ1) is 6.24. The molecule has 1 N–H and O–H groups in total. The Balaban J connectivity index is 2.14. The van der Waals surface area contributed by atoms with Crippen molar-refractivity contribution in [3.63, 3.8) is 0 Å².